The van der Waals surface area contributed by atoms with Crippen LogP contribution < -0.4 is 15.2 Å². The summed E-state index contributed by atoms with van der Waals surface area (Å²) in [6.07, 6.45) is 0.794. The van der Waals surface area contributed by atoms with Crippen molar-refractivity contribution in [1.82, 2.24) is 14.7 Å². The van der Waals surface area contributed by atoms with Crippen molar-refractivity contribution in [2.45, 2.75) is 19.9 Å². The van der Waals surface area contributed by atoms with Crippen LogP contribution in [0, 0.1) is 0 Å². The number of aromatic nitrogens is 2. The molecule has 26 heavy (non-hydrogen) atoms. The van der Waals surface area contributed by atoms with Gasteiger partial charge in [-0.25, -0.2) is 4.68 Å². The van der Waals surface area contributed by atoms with E-state index in [0.29, 0.717) is 25.3 Å². The number of carbonyl (C=O) groups excluding carboxylic acids is 1. The van der Waals surface area contributed by atoms with Crippen LogP contribution in [-0.2, 0) is 6.54 Å². The van der Waals surface area contributed by atoms with Gasteiger partial charge in [-0.3, -0.25) is 9.59 Å². The summed E-state index contributed by atoms with van der Waals surface area (Å²) < 4.78 is 6.78. The summed E-state index contributed by atoms with van der Waals surface area (Å²) >= 11 is 0. The SMILES string of the molecule is CCCn1nc(C(=O)N2CCN(c3ccccc3OC)CC2)ccc1=O. The average Bonchev–Trinajstić information content (AvgIpc) is 2.69. The maximum absolute atomic E-state index is 12.7. The lowest BCUT2D eigenvalue weighted by molar-refractivity contribution is 0.0737. The quantitative estimate of drug-likeness (QED) is 0.814. The Morgan fingerprint density at radius 1 is 1.12 bits per heavy atom. The first-order chi connectivity index (χ1) is 12.6. The molecule has 0 radical (unpaired) electrons. The van der Waals surface area contributed by atoms with E-state index < -0.39 is 0 Å². The molecule has 0 aliphatic carbocycles. The van der Waals surface area contributed by atoms with E-state index in [4.69, 9.17) is 4.74 Å². The fourth-order valence-electron chi connectivity index (χ4n) is 3.14. The Morgan fingerprint density at radius 3 is 2.54 bits per heavy atom. The third kappa shape index (κ3) is 3.71. The summed E-state index contributed by atoms with van der Waals surface area (Å²) in [5.41, 5.74) is 1.19. The Kier molecular flexibility index (Phi) is 5.55. The number of hydrogen-bond donors (Lipinski definition) is 0. The predicted octanol–water partition coefficient (Wildman–Crippen LogP) is 1.62. The zero-order valence-corrected chi connectivity index (χ0v) is 15.2. The van der Waals surface area contributed by atoms with Gasteiger partial charge in [0.25, 0.3) is 11.5 Å². The zero-order valence-electron chi connectivity index (χ0n) is 15.2. The number of nitrogens with zero attached hydrogens (tertiary/aromatic N) is 4. The van der Waals surface area contributed by atoms with E-state index in [1.807, 2.05) is 31.2 Å². The average molecular weight is 356 g/mol. The van der Waals surface area contributed by atoms with Crippen molar-refractivity contribution in [2.75, 3.05) is 38.2 Å². The van der Waals surface area contributed by atoms with E-state index in [1.54, 1.807) is 12.0 Å². The first-order valence-electron chi connectivity index (χ1n) is 8.89. The van der Waals surface area contributed by atoms with Gasteiger partial charge >= 0.3 is 0 Å². The van der Waals surface area contributed by atoms with Crippen LogP contribution in [0.2, 0.25) is 0 Å². The van der Waals surface area contributed by atoms with Gasteiger partial charge in [-0.1, -0.05) is 19.1 Å². The van der Waals surface area contributed by atoms with E-state index in [2.05, 4.69) is 10.00 Å². The van der Waals surface area contributed by atoms with Gasteiger partial charge in [-0.2, -0.15) is 5.10 Å². The molecule has 1 aliphatic heterocycles. The molecule has 138 valence electrons. The fraction of sp³-hybridized carbons (Fsp3) is 0.421. The molecule has 1 aliphatic rings. The number of aryl methyl sites for hydroxylation is 1. The van der Waals surface area contributed by atoms with Crippen molar-refractivity contribution in [2.24, 2.45) is 0 Å². The molecule has 0 unspecified atom stereocenters. The Morgan fingerprint density at radius 2 is 1.85 bits per heavy atom. The van der Waals surface area contributed by atoms with E-state index in [-0.39, 0.29) is 11.5 Å². The molecule has 3 rings (SSSR count). The molecule has 2 aromatic rings. The molecule has 1 aromatic heterocycles. The number of benzene rings is 1. The van der Waals surface area contributed by atoms with Crippen LogP contribution in [0.15, 0.2) is 41.2 Å². The van der Waals surface area contributed by atoms with Gasteiger partial charge < -0.3 is 14.5 Å². The molecule has 1 aromatic carbocycles. The van der Waals surface area contributed by atoms with E-state index in [9.17, 15) is 9.59 Å². The summed E-state index contributed by atoms with van der Waals surface area (Å²) in [4.78, 5) is 28.5. The number of anilines is 1. The van der Waals surface area contributed by atoms with Gasteiger partial charge in [0.05, 0.1) is 12.8 Å². The third-order valence-corrected chi connectivity index (χ3v) is 4.51. The molecule has 2 heterocycles. The monoisotopic (exact) mass is 356 g/mol. The van der Waals surface area contributed by atoms with Gasteiger partial charge in [0, 0.05) is 38.8 Å². The zero-order chi connectivity index (χ0) is 18.5. The highest BCUT2D eigenvalue weighted by atomic mass is 16.5. The molecule has 1 amide bonds. The highest BCUT2D eigenvalue weighted by Gasteiger charge is 2.24. The maximum atomic E-state index is 12.7. The van der Waals surface area contributed by atoms with Crippen LogP contribution in [0.1, 0.15) is 23.8 Å². The van der Waals surface area contributed by atoms with Gasteiger partial charge in [0.2, 0.25) is 0 Å². The summed E-state index contributed by atoms with van der Waals surface area (Å²) in [7, 11) is 1.66. The minimum Gasteiger partial charge on any atom is -0.495 e. The molecule has 0 spiro atoms. The number of carbonyl (C=O) groups is 1. The minimum absolute atomic E-state index is 0.130. The van der Waals surface area contributed by atoms with Crippen molar-refractivity contribution < 1.29 is 9.53 Å². The van der Waals surface area contributed by atoms with E-state index >= 15 is 0 Å². The summed E-state index contributed by atoms with van der Waals surface area (Å²) in [6.45, 7) is 5.14. The number of piperazine rings is 1. The van der Waals surface area contributed by atoms with Gasteiger partial charge in [0.1, 0.15) is 11.4 Å². The molecule has 0 bridgehead atoms. The second-order valence-corrected chi connectivity index (χ2v) is 6.23. The summed E-state index contributed by atoms with van der Waals surface area (Å²) in [6, 6.07) is 10.8. The predicted molar refractivity (Wildman–Crippen MR) is 99.9 cm³/mol. The molecule has 7 nitrogen and oxygen atoms in total. The van der Waals surface area contributed by atoms with Crippen molar-refractivity contribution in [3.05, 3.63) is 52.4 Å². The van der Waals surface area contributed by atoms with Crippen molar-refractivity contribution >= 4 is 11.6 Å². The minimum atomic E-state index is -0.176. The van der Waals surface area contributed by atoms with Gasteiger partial charge in [-0.15, -0.1) is 0 Å². The topological polar surface area (TPSA) is 67.7 Å². The van der Waals surface area contributed by atoms with E-state index in [0.717, 1.165) is 30.9 Å². The Bertz CT molecular complexity index is 826. The van der Waals surface area contributed by atoms with Crippen molar-refractivity contribution in [1.29, 1.82) is 0 Å². The highest BCUT2D eigenvalue weighted by molar-refractivity contribution is 5.92. The number of para-hydroxylation sites is 2. The lowest BCUT2D eigenvalue weighted by Gasteiger charge is -2.36. The first kappa shape index (κ1) is 18.0. The van der Waals surface area contributed by atoms with Crippen LogP contribution in [-0.4, -0.2) is 53.9 Å². The molecular weight excluding hydrogens is 332 g/mol. The Hall–Kier alpha value is -2.83. The van der Waals surface area contributed by atoms with Gasteiger partial charge in [-0.05, 0) is 24.6 Å². The van der Waals surface area contributed by atoms with Gasteiger partial charge in [0.15, 0.2) is 0 Å². The number of amides is 1. The largest absolute Gasteiger partial charge is 0.495 e. The molecule has 7 heteroatoms. The number of rotatable bonds is 5. The Labute approximate surface area is 152 Å². The number of hydrogen-bond acceptors (Lipinski definition) is 5. The maximum Gasteiger partial charge on any atom is 0.274 e. The number of ether oxygens (including phenoxy) is 1. The normalized spacial score (nSPS) is 14.4. The Balaban J connectivity index is 1.69. The standard InChI is InChI=1S/C19H24N4O3/c1-3-10-23-18(24)9-8-15(20-23)19(25)22-13-11-21(12-14-22)16-6-4-5-7-17(16)26-2/h4-9H,3,10-14H2,1-2H3. The lowest BCUT2D eigenvalue weighted by Crippen LogP contribution is -2.49. The van der Waals surface area contributed by atoms with Crippen LogP contribution in [0.3, 0.4) is 0 Å². The van der Waals surface area contributed by atoms with Crippen LogP contribution >= 0.6 is 0 Å². The summed E-state index contributed by atoms with van der Waals surface area (Å²) in [5, 5.41) is 4.22. The third-order valence-electron chi connectivity index (χ3n) is 4.51. The second kappa shape index (κ2) is 8.03. The van der Waals surface area contributed by atoms with Crippen molar-refractivity contribution in [3.63, 3.8) is 0 Å². The lowest BCUT2D eigenvalue weighted by atomic mass is 10.2. The van der Waals surface area contributed by atoms with Crippen LogP contribution in [0.5, 0.6) is 5.75 Å². The number of methoxy groups -OCH3 is 1. The molecule has 1 saturated heterocycles. The van der Waals surface area contributed by atoms with Crippen LogP contribution in [0.25, 0.3) is 0 Å². The molecule has 0 saturated carbocycles. The van der Waals surface area contributed by atoms with Crippen LogP contribution in [0.4, 0.5) is 5.69 Å². The van der Waals surface area contributed by atoms with Crippen molar-refractivity contribution in [3.8, 4) is 5.75 Å². The smallest absolute Gasteiger partial charge is 0.274 e. The second-order valence-electron chi connectivity index (χ2n) is 6.23. The molecule has 0 atom stereocenters. The highest BCUT2D eigenvalue weighted by Crippen LogP contribution is 2.28. The summed E-state index contributed by atoms with van der Waals surface area (Å²) in [5.74, 6) is 0.704. The molecular formula is C19H24N4O3. The molecule has 0 N–H and O–H groups in total. The van der Waals surface area contributed by atoms with E-state index in [1.165, 1.54) is 16.8 Å². The molecule has 1 fully saturated rings. The fourth-order valence-corrected chi connectivity index (χ4v) is 3.14. The first-order valence-corrected chi connectivity index (χ1v) is 8.89.